The van der Waals surface area contributed by atoms with Crippen molar-refractivity contribution in [3.8, 4) is 0 Å². The average molecular weight is 570 g/mol. The zero-order chi connectivity index (χ0) is 27.5. The number of aromatic amines is 1. The fraction of sp³-hybridized carbons (Fsp3) is 0.292. The molecule has 200 valence electrons. The highest BCUT2D eigenvalue weighted by molar-refractivity contribution is 6.31. The Bertz CT molecular complexity index is 1420. The normalized spacial score (nSPS) is 17.3. The number of anilines is 2. The van der Waals surface area contributed by atoms with Gasteiger partial charge in [0.15, 0.2) is 5.78 Å². The van der Waals surface area contributed by atoms with E-state index >= 15 is 0 Å². The number of benzene rings is 1. The summed E-state index contributed by atoms with van der Waals surface area (Å²) in [5.41, 5.74) is -2.35. The number of amides is 1. The largest absolute Gasteiger partial charge is 0.418 e. The van der Waals surface area contributed by atoms with Crippen LogP contribution in [0.15, 0.2) is 47.5 Å². The number of carbonyl (C=O) groups is 2. The number of Topliss-reactive ketones (excluding diaryl/α,β-unsaturated/α-hetero) is 1. The molecule has 14 heteroatoms. The Morgan fingerprint density at radius 3 is 2.61 bits per heavy atom. The monoisotopic (exact) mass is 569 g/mol. The number of nitrogens with one attached hydrogen (secondary N) is 3. The maximum absolute atomic E-state index is 13.4. The maximum atomic E-state index is 13.4. The van der Waals surface area contributed by atoms with Crippen molar-refractivity contribution in [3.05, 3.63) is 79.9 Å². The molecule has 2 aromatic heterocycles. The van der Waals surface area contributed by atoms with Crippen LogP contribution in [0.3, 0.4) is 0 Å². The van der Waals surface area contributed by atoms with E-state index in [0.29, 0.717) is 0 Å². The van der Waals surface area contributed by atoms with Gasteiger partial charge in [-0.2, -0.15) is 18.3 Å². The number of aromatic nitrogens is 3. The van der Waals surface area contributed by atoms with Crippen molar-refractivity contribution < 1.29 is 27.5 Å². The molecule has 1 aliphatic heterocycles. The van der Waals surface area contributed by atoms with Crippen molar-refractivity contribution in [1.82, 2.24) is 20.5 Å². The molecule has 0 saturated carbocycles. The summed E-state index contributed by atoms with van der Waals surface area (Å²) in [4.78, 5) is 41.5. The Hall–Kier alpha value is -3.48. The molecule has 4 rings (SSSR count). The van der Waals surface area contributed by atoms with E-state index in [9.17, 15) is 27.6 Å². The van der Waals surface area contributed by atoms with E-state index < -0.39 is 34.4 Å². The van der Waals surface area contributed by atoms with Crippen LogP contribution in [0.4, 0.5) is 24.5 Å². The van der Waals surface area contributed by atoms with Gasteiger partial charge >= 0.3 is 6.18 Å². The fourth-order valence-electron chi connectivity index (χ4n) is 3.98. The Morgan fingerprint density at radius 2 is 1.95 bits per heavy atom. The first-order valence-electron chi connectivity index (χ1n) is 11.2. The number of hydrogen-bond acceptors (Lipinski definition) is 7. The summed E-state index contributed by atoms with van der Waals surface area (Å²) in [6, 6.07) is 5.81. The van der Waals surface area contributed by atoms with Gasteiger partial charge in [-0.05, 0) is 30.7 Å². The molecule has 0 radical (unpaired) electrons. The van der Waals surface area contributed by atoms with Crippen LogP contribution < -0.4 is 16.2 Å². The number of ketones is 1. The Balaban J connectivity index is 1.45. The van der Waals surface area contributed by atoms with E-state index in [1.165, 1.54) is 30.6 Å². The lowest BCUT2D eigenvalue weighted by Gasteiger charge is -2.25. The standard InChI is InChI=1S/C24H20Cl2F3N5O4/c25-14-1-2-18(16(6-14)24(27,28)29)33-15-7-17(26)19(30-10-15)11-31-22(37)23(3-4-38-12-23)8-20(35)13-5-21(36)34-32-9-13/h1-2,5-7,9-10,33H,3-4,8,11-12H2,(H,31,37)(H,34,36)/t23-/m0/s1. The third kappa shape index (κ3) is 6.32. The van der Waals surface area contributed by atoms with Gasteiger partial charge in [0.25, 0.3) is 5.56 Å². The van der Waals surface area contributed by atoms with E-state index in [1.54, 1.807) is 0 Å². The van der Waals surface area contributed by atoms with Crippen LogP contribution in [-0.2, 0) is 22.3 Å². The van der Waals surface area contributed by atoms with Gasteiger partial charge in [-0.3, -0.25) is 19.4 Å². The minimum Gasteiger partial charge on any atom is -0.380 e. The van der Waals surface area contributed by atoms with Crippen LogP contribution in [0.1, 0.15) is 34.5 Å². The second-order valence-electron chi connectivity index (χ2n) is 8.66. The van der Waals surface area contributed by atoms with Gasteiger partial charge in [-0.15, -0.1) is 0 Å². The lowest BCUT2D eigenvalue weighted by Crippen LogP contribution is -2.43. The van der Waals surface area contributed by atoms with Crippen molar-refractivity contribution in [2.75, 3.05) is 18.5 Å². The van der Waals surface area contributed by atoms with Gasteiger partial charge in [-0.25, -0.2) is 5.10 Å². The number of rotatable bonds is 8. The molecule has 3 aromatic rings. The summed E-state index contributed by atoms with van der Waals surface area (Å²) >= 11 is 12.0. The highest BCUT2D eigenvalue weighted by atomic mass is 35.5. The third-order valence-corrected chi connectivity index (χ3v) is 6.53. The summed E-state index contributed by atoms with van der Waals surface area (Å²) in [6.07, 6.45) is -2.06. The molecule has 3 N–H and O–H groups in total. The fourth-order valence-corrected chi connectivity index (χ4v) is 4.38. The molecule has 0 unspecified atom stereocenters. The van der Waals surface area contributed by atoms with Crippen molar-refractivity contribution in [2.45, 2.75) is 25.6 Å². The molecule has 1 aliphatic rings. The molecule has 1 aromatic carbocycles. The zero-order valence-corrected chi connectivity index (χ0v) is 21.0. The van der Waals surface area contributed by atoms with E-state index in [-0.39, 0.29) is 65.3 Å². The molecule has 9 nitrogen and oxygen atoms in total. The van der Waals surface area contributed by atoms with Crippen LogP contribution >= 0.6 is 23.2 Å². The van der Waals surface area contributed by atoms with Gasteiger partial charge in [0.2, 0.25) is 5.91 Å². The molecular weight excluding hydrogens is 550 g/mol. The van der Waals surface area contributed by atoms with Crippen molar-refractivity contribution >= 4 is 46.3 Å². The van der Waals surface area contributed by atoms with Crippen LogP contribution in [0.25, 0.3) is 0 Å². The van der Waals surface area contributed by atoms with E-state index in [4.69, 9.17) is 27.9 Å². The highest BCUT2D eigenvalue weighted by Gasteiger charge is 2.44. The number of ether oxygens (including phenoxy) is 1. The second kappa shape index (κ2) is 11.1. The number of pyridine rings is 1. The van der Waals surface area contributed by atoms with Gasteiger partial charge in [0.1, 0.15) is 0 Å². The first-order valence-corrected chi connectivity index (χ1v) is 11.9. The molecule has 1 amide bonds. The Morgan fingerprint density at radius 1 is 1.16 bits per heavy atom. The summed E-state index contributed by atoms with van der Waals surface area (Å²) in [6.45, 7) is 0.182. The van der Waals surface area contributed by atoms with Gasteiger partial charge in [-0.1, -0.05) is 23.2 Å². The Labute approximate surface area is 223 Å². The molecule has 0 aliphatic carbocycles. The molecule has 0 bridgehead atoms. The number of nitrogens with zero attached hydrogens (tertiary/aromatic N) is 2. The molecule has 1 fully saturated rings. The summed E-state index contributed by atoms with van der Waals surface area (Å²) in [5.74, 6) is -0.895. The third-order valence-electron chi connectivity index (χ3n) is 5.97. The summed E-state index contributed by atoms with van der Waals surface area (Å²) in [5, 5.41) is 11.2. The zero-order valence-electron chi connectivity index (χ0n) is 19.5. The second-order valence-corrected chi connectivity index (χ2v) is 9.51. The maximum Gasteiger partial charge on any atom is 0.418 e. The summed E-state index contributed by atoms with van der Waals surface area (Å²) < 4.78 is 45.5. The van der Waals surface area contributed by atoms with Crippen LogP contribution in [-0.4, -0.2) is 40.1 Å². The quantitative estimate of drug-likeness (QED) is 0.340. The summed E-state index contributed by atoms with van der Waals surface area (Å²) in [7, 11) is 0. The van der Waals surface area contributed by atoms with E-state index in [2.05, 4.69) is 25.8 Å². The van der Waals surface area contributed by atoms with Crippen molar-refractivity contribution in [1.29, 1.82) is 0 Å². The highest BCUT2D eigenvalue weighted by Crippen LogP contribution is 2.38. The van der Waals surface area contributed by atoms with Gasteiger partial charge < -0.3 is 15.4 Å². The van der Waals surface area contributed by atoms with E-state index in [1.807, 2.05) is 0 Å². The SMILES string of the molecule is O=C(C[C@@]1(C(=O)NCc2ncc(Nc3ccc(Cl)cc3C(F)(F)F)cc2Cl)CCOC1)c1cn[nH]c(=O)c1. The van der Waals surface area contributed by atoms with Crippen LogP contribution in [0, 0.1) is 5.41 Å². The number of alkyl halides is 3. The molecule has 1 saturated heterocycles. The average Bonchev–Trinajstić information content (AvgIpc) is 3.33. The minimum absolute atomic E-state index is 0.00778. The Kier molecular flexibility index (Phi) is 8.05. The first kappa shape index (κ1) is 27.6. The van der Waals surface area contributed by atoms with Crippen molar-refractivity contribution in [2.24, 2.45) is 5.41 Å². The molecule has 38 heavy (non-hydrogen) atoms. The smallest absolute Gasteiger partial charge is 0.380 e. The van der Waals surface area contributed by atoms with E-state index in [0.717, 1.165) is 12.1 Å². The molecule has 3 heterocycles. The molecule has 1 atom stereocenters. The topological polar surface area (TPSA) is 126 Å². The minimum atomic E-state index is -4.64. The van der Waals surface area contributed by atoms with Crippen LogP contribution in [0.2, 0.25) is 10.0 Å². The van der Waals surface area contributed by atoms with Crippen LogP contribution in [0.5, 0.6) is 0 Å². The predicted molar refractivity (Wildman–Crippen MR) is 133 cm³/mol. The number of hydrogen-bond donors (Lipinski definition) is 3. The van der Waals surface area contributed by atoms with Gasteiger partial charge in [0.05, 0.1) is 58.6 Å². The lowest BCUT2D eigenvalue weighted by molar-refractivity contribution is -0.137. The van der Waals surface area contributed by atoms with Crippen molar-refractivity contribution in [3.63, 3.8) is 0 Å². The van der Waals surface area contributed by atoms with Gasteiger partial charge in [0, 0.05) is 29.7 Å². The number of halogens is 5. The predicted octanol–water partition coefficient (Wildman–Crippen LogP) is 4.53. The molecular formula is C24H20Cl2F3N5O4. The number of carbonyl (C=O) groups excluding carboxylic acids is 2. The lowest BCUT2D eigenvalue weighted by atomic mass is 9.80. The molecule has 0 spiro atoms. The first-order chi connectivity index (χ1) is 18.0. The number of H-pyrrole nitrogens is 1.